The Hall–Kier alpha value is -3.51. The van der Waals surface area contributed by atoms with E-state index >= 15 is 0 Å². The zero-order valence-corrected chi connectivity index (χ0v) is 17.4. The monoisotopic (exact) mass is 430 g/mol. The van der Waals surface area contributed by atoms with E-state index in [1.807, 2.05) is 24.3 Å². The van der Waals surface area contributed by atoms with Gasteiger partial charge in [0.2, 0.25) is 0 Å². The van der Waals surface area contributed by atoms with Gasteiger partial charge in [-0.1, -0.05) is 36.4 Å². The number of carbonyl (C=O) groups excluding carboxylic acids is 1. The predicted molar refractivity (Wildman–Crippen MR) is 122 cm³/mol. The van der Waals surface area contributed by atoms with Crippen molar-refractivity contribution in [3.05, 3.63) is 102 Å². The van der Waals surface area contributed by atoms with Crippen molar-refractivity contribution in [2.75, 3.05) is 12.4 Å². The number of para-hydroxylation sites is 1. The molecule has 0 radical (unpaired) electrons. The van der Waals surface area contributed by atoms with Crippen LogP contribution >= 0.6 is 11.8 Å². The third-order valence-electron chi connectivity index (χ3n) is 4.53. The molecule has 0 unspecified atom stereocenters. The number of allylic oxidation sites excluding steroid dienone is 1. The van der Waals surface area contributed by atoms with E-state index in [1.165, 1.54) is 18.2 Å². The Bertz CT molecular complexity index is 1200. The third kappa shape index (κ3) is 5.55. The first-order valence-electron chi connectivity index (χ1n) is 9.72. The molecule has 0 bridgehead atoms. The summed E-state index contributed by atoms with van der Waals surface area (Å²) in [6.07, 6.45) is 4.72. The SMILES string of the molecule is O=C(/C=C/c1ccc(F)cc1)c1ccc(OCCSc2ncnc3ccccc23)cc1. The molecule has 6 heteroatoms. The summed E-state index contributed by atoms with van der Waals surface area (Å²) in [5.41, 5.74) is 2.26. The van der Waals surface area contributed by atoms with Gasteiger partial charge in [0, 0.05) is 16.7 Å². The van der Waals surface area contributed by atoms with Crippen LogP contribution in [0.25, 0.3) is 17.0 Å². The molecular weight excluding hydrogens is 411 g/mol. The molecule has 4 nitrogen and oxygen atoms in total. The van der Waals surface area contributed by atoms with Gasteiger partial charge >= 0.3 is 0 Å². The summed E-state index contributed by atoms with van der Waals surface area (Å²) in [5.74, 6) is 1.01. The van der Waals surface area contributed by atoms with Crippen molar-refractivity contribution in [1.82, 2.24) is 9.97 Å². The second-order valence-corrected chi connectivity index (χ2v) is 7.75. The van der Waals surface area contributed by atoms with Crippen LogP contribution in [-0.2, 0) is 0 Å². The molecule has 0 spiro atoms. The van der Waals surface area contributed by atoms with Gasteiger partial charge in [0.05, 0.1) is 12.1 Å². The summed E-state index contributed by atoms with van der Waals surface area (Å²) < 4.78 is 18.7. The van der Waals surface area contributed by atoms with E-state index in [2.05, 4.69) is 9.97 Å². The number of carbonyl (C=O) groups is 1. The number of thioether (sulfide) groups is 1. The second-order valence-electron chi connectivity index (χ2n) is 6.67. The fourth-order valence-electron chi connectivity index (χ4n) is 2.95. The first-order chi connectivity index (χ1) is 15.2. The van der Waals surface area contributed by atoms with Crippen LogP contribution in [-0.4, -0.2) is 28.1 Å². The quantitative estimate of drug-likeness (QED) is 0.116. The van der Waals surface area contributed by atoms with E-state index in [0.29, 0.717) is 17.9 Å². The molecule has 0 saturated heterocycles. The number of ketones is 1. The summed E-state index contributed by atoms with van der Waals surface area (Å²) in [7, 11) is 0. The van der Waals surface area contributed by atoms with E-state index in [0.717, 1.165) is 27.2 Å². The average Bonchev–Trinajstić information content (AvgIpc) is 2.82. The van der Waals surface area contributed by atoms with Gasteiger partial charge < -0.3 is 4.74 Å². The largest absolute Gasteiger partial charge is 0.493 e. The van der Waals surface area contributed by atoms with Crippen LogP contribution < -0.4 is 4.74 Å². The second kappa shape index (κ2) is 10.00. The first kappa shape index (κ1) is 20.8. The number of halogens is 1. The number of rotatable bonds is 8. The number of nitrogens with zero attached hydrogens (tertiary/aromatic N) is 2. The number of ether oxygens (including phenoxy) is 1. The van der Waals surface area contributed by atoms with Crippen molar-refractivity contribution < 1.29 is 13.9 Å². The van der Waals surface area contributed by atoms with Crippen molar-refractivity contribution in [1.29, 1.82) is 0 Å². The van der Waals surface area contributed by atoms with Crippen molar-refractivity contribution in [3.8, 4) is 5.75 Å². The lowest BCUT2D eigenvalue weighted by atomic mass is 10.1. The van der Waals surface area contributed by atoms with Crippen molar-refractivity contribution >= 4 is 34.5 Å². The predicted octanol–water partition coefficient (Wildman–Crippen LogP) is 5.84. The minimum Gasteiger partial charge on any atom is -0.493 e. The highest BCUT2D eigenvalue weighted by Crippen LogP contribution is 2.24. The molecule has 0 aliphatic heterocycles. The minimum atomic E-state index is -0.303. The maximum atomic E-state index is 12.9. The summed E-state index contributed by atoms with van der Waals surface area (Å²) in [6, 6.07) is 20.9. The van der Waals surface area contributed by atoms with Gasteiger partial charge in [-0.25, -0.2) is 14.4 Å². The van der Waals surface area contributed by atoms with E-state index in [4.69, 9.17) is 4.74 Å². The highest BCUT2D eigenvalue weighted by Gasteiger charge is 2.05. The molecule has 0 aliphatic rings. The zero-order valence-electron chi connectivity index (χ0n) is 16.6. The fourth-order valence-corrected chi connectivity index (χ4v) is 3.76. The molecule has 0 saturated carbocycles. The Morgan fingerprint density at radius 1 is 0.968 bits per heavy atom. The highest BCUT2D eigenvalue weighted by atomic mass is 32.2. The molecule has 0 N–H and O–H groups in total. The molecule has 3 aromatic carbocycles. The number of hydrogen-bond donors (Lipinski definition) is 0. The molecule has 4 rings (SSSR count). The van der Waals surface area contributed by atoms with Crippen LogP contribution in [0.3, 0.4) is 0 Å². The summed E-state index contributed by atoms with van der Waals surface area (Å²) in [4.78, 5) is 20.9. The highest BCUT2D eigenvalue weighted by molar-refractivity contribution is 7.99. The molecule has 0 amide bonds. The number of fused-ring (bicyclic) bond motifs is 1. The van der Waals surface area contributed by atoms with Crippen LogP contribution in [0, 0.1) is 5.82 Å². The smallest absolute Gasteiger partial charge is 0.185 e. The van der Waals surface area contributed by atoms with Gasteiger partial charge in [-0.05, 0) is 54.1 Å². The molecule has 0 atom stereocenters. The molecule has 1 aromatic heterocycles. The number of hydrogen-bond acceptors (Lipinski definition) is 5. The Balaban J connectivity index is 1.28. The topological polar surface area (TPSA) is 52.1 Å². The summed E-state index contributed by atoms with van der Waals surface area (Å²) >= 11 is 1.62. The van der Waals surface area contributed by atoms with Gasteiger partial charge in [0.25, 0.3) is 0 Å². The van der Waals surface area contributed by atoms with Crippen LogP contribution in [0.2, 0.25) is 0 Å². The zero-order chi connectivity index (χ0) is 21.5. The molecule has 154 valence electrons. The van der Waals surface area contributed by atoms with Gasteiger partial charge in [0.1, 0.15) is 22.9 Å². The van der Waals surface area contributed by atoms with E-state index in [-0.39, 0.29) is 11.6 Å². The fraction of sp³-hybridized carbons (Fsp3) is 0.0800. The van der Waals surface area contributed by atoms with Gasteiger partial charge in [-0.3, -0.25) is 4.79 Å². The molecule has 0 aliphatic carbocycles. The molecule has 0 fully saturated rings. The standard InChI is InChI=1S/C25H19FN2O2S/c26-20-10-5-18(6-11-20)7-14-24(29)19-8-12-21(13-9-19)30-15-16-31-25-22-3-1-2-4-23(22)27-17-28-25/h1-14,17H,15-16H2/b14-7+. The van der Waals surface area contributed by atoms with Crippen molar-refractivity contribution in [3.63, 3.8) is 0 Å². The minimum absolute atomic E-state index is 0.123. The number of aromatic nitrogens is 2. The Labute approximate surface area is 183 Å². The molecule has 31 heavy (non-hydrogen) atoms. The van der Waals surface area contributed by atoms with Crippen LogP contribution in [0.15, 0.2) is 90.2 Å². The van der Waals surface area contributed by atoms with Crippen molar-refractivity contribution in [2.45, 2.75) is 5.03 Å². The summed E-state index contributed by atoms with van der Waals surface area (Å²) in [6.45, 7) is 0.515. The lowest BCUT2D eigenvalue weighted by molar-refractivity contribution is 0.104. The van der Waals surface area contributed by atoms with E-state index in [1.54, 1.807) is 60.6 Å². The Kier molecular flexibility index (Phi) is 6.69. The lowest BCUT2D eigenvalue weighted by Gasteiger charge is -2.07. The summed E-state index contributed by atoms with van der Waals surface area (Å²) in [5, 5.41) is 1.97. The van der Waals surface area contributed by atoms with E-state index in [9.17, 15) is 9.18 Å². The Morgan fingerprint density at radius 2 is 1.74 bits per heavy atom. The maximum Gasteiger partial charge on any atom is 0.185 e. The molecular formula is C25H19FN2O2S. The molecule has 1 heterocycles. The maximum absolute atomic E-state index is 12.9. The van der Waals surface area contributed by atoms with Crippen LogP contribution in [0.1, 0.15) is 15.9 Å². The first-order valence-corrected chi connectivity index (χ1v) is 10.7. The average molecular weight is 431 g/mol. The number of benzene rings is 3. The van der Waals surface area contributed by atoms with Gasteiger partial charge in [-0.2, -0.15) is 0 Å². The van der Waals surface area contributed by atoms with Gasteiger partial charge in [-0.15, -0.1) is 11.8 Å². The normalized spacial score (nSPS) is 11.1. The lowest BCUT2D eigenvalue weighted by Crippen LogP contribution is -2.01. The van der Waals surface area contributed by atoms with Crippen LogP contribution in [0.4, 0.5) is 4.39 Å². The van der Waals surface area contributed by atoms with E-state index < -0.39 is 0 Å². The Morgan fingerprint density at radius 3 is 2.55 bits per heavy atom. The van der Waals surface area contributed by atoms with Crippen molar-refractivity contribution in [2.24, 2.45) is 0 Å². The van der Waals surface area contributed by atoms with Crippen LogP contribution in [0.5, 0.6) is 5.75 Å². The van der Waals surface area contributed by atoms with Gasteiger partial charge in [0.15, 0.2) is 5.78 Å². The molecule has 4 aromatic rings. The third-order valence-corrected chi connectivity index (χ3v) is 5.50.